The zero-order valence-corrected chi connectivity index (χ0v) is 12.7. The molecule has 0 aliphatic rings. The zero-order chi connectivity index (χ0) is 14.5. The Morgan fingerprint density at radius 1 is 1.42 bits per heavy atom. The Bertz CT molecular complexity index is 442. The standard InChI is InChI=1S/C14H21ClN2O2/c1-5-19-7-6-16-13(18)10-8-11(14(2,3)4)17-12(15)9-10/h8-9H,5-7H2,1-4H3,(H,16,18). The number of amides is 1. The molecule has 1 N–H and O–H groups in total. The van der Waals surface area contributed by atoms with E-state index in [9.17, 15) is 4.79 Å². The number of pyridine rings is 1. The molecule has 0 saturated heterocycles. The number of halogens is 1. The normalized spacial score (nSPS) is 11.4. The molecule has 0 radical (unpaired) electrons. The van der Waals surface area contributed by atoms with Crippen molar-refractivity contribution in [2.45, 2.75) is 33.1 Å². The number of nitrogens with one attached hydrogen (secondary N) is 1. The molecule has 0 saturated carbocycles. The van der Waals surface area contributed by atoms with Crippen molar-refractivity contribution >= 4 is 17.5 Å². The van der Waals surface area contributed by atoms with Crippen LogP contribution in [0.25, 0.3) is 0 Å². The molecule has 0 aliphatic carbocycles. The topological polar surface area (TPSA) is 51.2 Å². The Labute approximate surface area is 119 Å². The molecule has 0 aromatic carbocycles. The number of carbonyl (C=O) groups is 1. The maximum Gasteiger partial charge on any atom is 0.251 e. The summed E-state index contributed by atoms with van der Waals surface area (Å²) in [6.45, 7) is 9.64. The van der Waals surface area contributed by atoms with Gasteiger partial charge in [0.15, 0.2) is 0 Å². The number of rotatable bonds is 5. The van der Waals surface area contributed by atoms with Gasteiger partial charge >= 0.3 is 0 Å². The van der Waals surface area contributed by atoms with Crippen LogP contribution in [0.5, 0.6) is 0 Å². The van der Waals surface area contributed by atoms with E-state index in [0.29, 0.717) is 30.5 Å². The van der Waals surface area contributed by atoms with Crippen LogP contribution >= 0.6 is 11.6 Å². The largest absolute Gasteiger partial charge is 0.380 e. The van der Waals surface area contributed by atoms with Gasteiger partial charge in [-0.15, -0.1) is 0 Å². The molecular formula is C14H21ClN2O2. The molecule has 0 unspecified atom stereocenters. The Balaban J connectivity index is 2.77. The molecule has 1 aromatic rings. The first-order chi connectivity index (χ1) is 8.84. The zero-order valence-electron chi connectivity index (χ0n) is 11.9. The molecule has 0 bridgehead atoms. The maximum absolute atomic E-state index is 12.0. The lowest BCUT2D eigenvalue weighted by Gasteiger charge is -2.18. The summed E-state index contributed by atoms with van der Waals surface area (Å²) < 4.78 is 5.17. The second-order valence-electron chi connectivity index (χ2n) is 5.27. The third kappa shape index (κ3) is 5.17. The van der Waals surface area contributed by atoms with Gasteiger partial charge in [-0.2, -0.15) is 0 Å². The first kappa shape index (κ1) is 15.9. The van der Waals surface area contributed by atoms with Gasteiger partial charge in [0.2, 0.25) is 0 Å². The van der Waals surface area contributed by atoms with Crippen molar-refractivity contribution in [1.82, 2.24) is 10.3 Å². The number of aromatic nitrogens is 1. The second-order valence-corrected chi connectivity index (χ2v) is 5.65. The molecule has 1 rings (SSSR count). The summed E-state index contributed by atoms with van der Waals surface area (Å²) in [4.78, 5) is 16.2. The molecule has 0 atom stereocenters. The third-order valence-corrected chi connectivity index (χ3v) is 2.75. The Morgan fingerprint density at radius 3 is 2.68 bits per heavy atom. The fourth-order valence-corrected chi connectivity index (χ4v) is 1.70. The van der Waals surface area contributed by atoms with Gasteiger partial charge in [-0.05, 0) is 19.1 Å². The smallest absolute Gasteiger partial charge is 0.251 e. The molecule has 0 spiro atoms. The van der Waals surface area contributed by atoms with E-state index in [0.717, 1.165) is 5.69 Å². The molecular weight excluding hydrogens is 264 g/mol. The van der Waals surface area contributed by atoms with Gasteiger partial charge in [0.1, 0.15) is 5.15 Å². The minimum Gasteiger partial charge on any atom is -0.380 e. The first-order valence-electron chi connectivity index (χ1n) is 6.38. The van der Waals surface area contributed by atoms with Gasteiger partial charge in [0.25, 0.3) is 5.91 Å². The SMILES string of the molecule is CCOCCNC(=O)c1cc(Cl)nc(C(C)(C)C)c1. The van der Waals surface area contributed by atoms with Crippen molar-refractivity contribution in [3.63, 3.8) is 0 Å². The van der Waals surface area contributed by atoms with Crippen LogP contribution in [-0.2, 0) is 10.2 Å². The van der Waals surface area contributed by atoms with Crippen molar-refractivity contribution < 1.29 is 9.53 Å². The van der Waals surface area contributed by atoms with E-state index in [1.807, 2.05) is 27.7 Å². The van der Waals surface area contributed by atoms with E-state index in [2.05, 4.69) is 10.3 Å². The minimum absolute atomic E-state index is 0.148. The van der Waals surface area contributed by atoms with E-state index in [1.54, 1.807) is 12.1 Å². The summed E-state index contributed by atoms with van der Waals surface area (Å²) in [5.74, 6) is -0.158. The highest BCUT2D eigenvalue weighted by atomic mass is 35.5. The molecule has 0 fully saturated rings. The lowest BCUT2D eigenvalue weighted by molar-refractivity contribution is 0.0922. The van der Waals surface area contributed by atoms with Crippen LogP contribution in [0.15, 0.2) is 12.1 Å². The molecule has 0 aliphatic heterocycles. The van der Waals surface area contributed by atoms with Gasteiger partial charge in [-0.3, -0.25) is 4.79 Å². The number of carbonyl (C=O) groups excluding carboxylic acids is 1. The highest BCUT2D eigenvalue weighted by molar-refractivity contribution is 6.29. The van der Waals surface area contributed by atoms with E-state index in [4.69, 9.17) is 16.3 Å². The fraction of sp³-hybridized carbons (Fsp3) is 0.571. The lowest BCUT2D eigenvalue weighted by atomic mass is 9.91. The van der Waals surface area contributed by atoms with E-state index >= 15 is 0 Å². The predicted molar refractivity (Wildman–Crippen MR) is 76.8 cm³/mol. The highest BCUT2D eigenvalue weighted by Gasteiger charge is 2.18. The van der Waals surface area contributed by atoms with E-state index < -0.39 is 0 Å². The average Bonchev–Trinajstić information content (AvgIpc) is 2.32. The summed E-state index contributed by atoms with van der Waals surface area (Å²) in [5.41, 5.74) is 1.18. The monoisotopic (exact) mass is 284 g/mol. The average molecular weight is 285 g/mol. The number of ether oxygens (including phenoxy) is 1. The predicted octanol–water partition coefficient (Wildman–Crippen LogP) is 2.80. The summed E-state index contributed by atoms with van der Waals surface area (Å²) >= 11 is 5.97. The van der Waals surface area contributed by atoms with Crippen molar-refractivity contribution in [3.8, 4) is 0 Å². The molecule has 5 heteroatoms. The van der Waals surface area contributed by atoms with Gasteiger partial charge in [0, 0.05) is 29.8 Å². The van der Waals surface area contributed by atoms with E-state index in [1.165, 1.54) is 0 Å². The molecule has 106 valence electrons. The minimum atomic E-state index is -0.158. The Kier molecular flexibility index (Phi) is 5.76. The molecule has 1 aromatic heterocycles. The van der Waals surface area contributed by atoms with Crippen LogP contribution in [0.3, 0.4) is 0 Å². The fourth-order valence-electron chi connectivity index (χ4n) is 1.50. The van der Waals surface area contributed by atoms with Crippen LogP contribution in [0.2, 0.25) is 5.15 Å². The van der Waals surface area contributed by atoms with E-state index in [-0.39, 0.29) is 11.3 Å². The summed E-state index contributed by atoms with van der Waals surface area (Å²) in [6.07, 6.45) is 0. The van der Waals surface area contributed by atoms with Crippen LogP contribution in [-0.4, -0.2) is 30.6 Å². The van der Waals surface area contributed by atoms with Crippen LogP contribution < -0.4 is 5.32 Å². The Hall–Kier alpha value is -1.13. The van der Waals surface area contributed by atoms with Gasteiger partial charge in [0.05, 0.1) is 6.61 Å². The molecule has 19 heavy (non-hydrogen) atoms. The lowest BCUT2D eigenvalue weighted by Crippen LogP contribution is -2.28. The van der Waals surface area contributed by atoms with Crippen molar-refractivity contribution in [2.75, 3.05) is 19.8 Å². The number of nitrogens with zero attached hydrogens (tertiary/aromatic N) is 1. The Morgan fingerprint density at radius 2 is 2.11 bits per heavy atom. The maximum atomic E-state index is 12.0. The summed E-state index contributed by atoms with van der Waals surface area (Å²) in [6, 6.07) is 3.36. The number of hydrogen-bond donors (Lipinski definition) is 1. The molecule has 1 heterocycles. The van der Waals surface area contributed by atoms with Crippen molar-refractivity contribution in [2.24, 2.45) is 0 Å². The third-order valence-electron chi connectivity index (χ3n) is 2.56. The summed E-state index contributed by atoms with van der Waals surface area (Å²) in [7, 11) is 0. The second kappa shape index (κ2) is 6.87. The van der Waals surface area contributed by atoms with Gasteiger partial charge in [-0.1, -0.05) is 32.4 Å². The summed E-state index contributed by atoms with van der Waals surface area (Å²) in [5, 5.41) is 3.12. The first-order valence-corrected chi connectivity index (χ1v) is 6.76. The van der Waals surface area contributed by atoms with Gasteiger partial charge in [-0.25, -0.2) is 4.98 Å². The van der Waals surface area contributed by atoms with Crippen LogP contribution in [0, 0.1) is 0 Å². The molecule has 4 nitrogen and oxygen atoms in total. The van der Waals surface area contributed by atoms with Crippen molar-refractivity contribution in [3.05, 3.63) is 28.5 Å². The molecule has 1 amide bonds. The quantitative estimate of drug-likeness (QED) is 0.668. The van der Waals surface area contributed by atoms with Crippen molar-refractivity contribution in [1.29, 1.82) is 0 Å². The van der Waals surface area contributed by atoms with Crippen LogP contribution in [0.4, 0.5) is 0 Å². The number of hydrogen-bond acceptors (Lipinski definition) is 3. The van der Waals surface area contributed by atoms with Crippen LogP contribution in [0.1, 0.15) is 43.7 Å². The highest BCUT2D eigenvalue weighted by Crippen LogP contribution is 2.23. The van der Waals surface area contributed by atoms with Gasteiger partial charge < -0.3 is 10.1 Å².